The van der Waals surface area contributed by atoms with Gasteiger partial charge in [-0.05, 0) is 12.1 Å². The standard InChI is InChI=1S/C15H11Cl3F4N2O2/c1-23-12(15(20,21)22)11(17)10(13(23)18)7-4-6(8(16)5-9(7)19)14(25)24(2)26-3/h4-5H,1-3H3. The molecule has 26 heavy (non-hydrogen) atoms. The molecule has 11 heteroatoms. The molecule has 0 aliphatic carbocycles. The first kappa shape index (κ1) is 20.8. The second kappa shape index (κ2) is 7.26. The number of aromatic nitrogens is 1. The normalized spacial score (nSPS) is 11.8. The third-order valence-corrected chi connectivity index (χ3v) is 4.77. The zero-order valence-electron chi connectivity index (χ0n) is 13.5. The summed E-state index contributed by atoms with van der Waals surface area (Å²) < 4.78 is 54.6. The van der Waals surface area contributed by atoms with Crippen LogP contribution in [-0.4, -0.2) is 29.7 Å². The van der Waals surface area contributed by atoms with Crippen molar-refractivity contribution in [1.82, 2.24) is 9.63 Å². The predicted molar refractivity (Wildman–Crippen MR) is 89.9 cm³/mol. The second-order valence-electron chi connectivity index (χ2n) is 5.18. The third-order valence-electron chi connectivity index (χ3n) is 3.65. The molecule has 0 fully saturated rings. The molecule has 0 saturated carbocycles. The summed E-state index contributed by atoms with van der Waals surface area (Å²) in [7, 11) is 3.54. The maximum absolute atomic E-state index is 14.4. The van der Waals surface area contributed by atoms with Crippen LogP contribution in [0.25, 0.3) is 11.1 Å². The van der Waals surface area contributed by atoms with Crippen molar-refractivity contribution in [2.45, 2.75) is 6.18 Å². The van der Waals surface area contributed by atoms with E-state index in [2.05, 4.69) is 0 Å². The van der Waals surface area contributed by atoms with Gasteiger partial charge >= 0.3 is 6.18 Å². The molecule has 0 saturated heterocycles. The largest absolute Gasteiger partial charge is 0.432 e. The lowest BCUT2D eigenvalue weighted by molar-refractivity contribution is -0.142. The summed E-state index contributed by atoms with van der Waals surface area (Å²) in [4.78, 5) is 17.0. The average molecular weight is 434 g/mol. The fraction of sp³-hybridized carbons (Fsp3) is 0.267. The van der Waals surface area contributed by atoms with Gasteiger partial charge in [0.2, 0.25) is 0 Å². The number of benzene rings is 1. The molecule has 0 aliphatic heterocycles. The smallest absolute Gasteiger partial charge is 0.329 e. The van der Waals surface area contributed by atoms with Crippen LogP contribution in [0.5, 0.6) is 0 Å². The Morgan fingerprint density at radius 2 is 1.81 bits per heavy atom. The number of carbonyl (C=O) groups excluding carboxylic acids is 1. The highest BCUT2D eigenvalue weighted by atomic mass is 35.5. The van der Waals surface area contributed by atoms with E-state index in [0.29, 0.717) is 4.57 Å². The topological polar surface area (TPSA) is 34.5 Å². The molecule has 4 nitrogen and oxygen atoms in total. The highest BCUT2D eigenvalue weighted by Gasteiger charge is 2.40. The van der Waals surface area contributed by atoms with E-state index in [1.54, 1.807) is 0 Å². The number of hydrogen-bond donors (Lipinski definition) is 0. The van der Waals surface area contributed by atoms with Crippen molar-refractivity contribution in [2.24, 2.45) is 7.05 Å². The van der Waals surface area contributed by atoms with Crippen molar-refractivity contribution < 1.29 is 27.2 Å². The number of halogens is 7. The highest BCUT2D eigenvalue weighted by molar-refractivity contribution is 6.40. The molecule has 2 aromatic rings. The minimum atomic E-state index is -4.81. The van der Waals surface area contributed by atoms with Crippen molar-refractivity contribution in [1.29, 1.82) is 0 Å². The van der Waals surface area contributed by atoms with Gasteiger partial charge < -0.3 is 4.57 Å². The van der Waals surface area contributed by atoms with E-state index in [-0.39, 0.29) is 10.6 Å². The van der Waals surface area contributed by atoms with E-state index in [0.717, 1.165) is 24.2 Å². The maximum Gasteiger partial charge on any atom is 0.432 e. The number of alkyl halides is 3. The van der Waals surface area contributed by atoms with Gasteiger partial charge in [0.25, 0.3) is 5.91 Å². The number of nitrogens with zero attached hydrogens (tertiary/aromatic N) is 2. The van der Waals surface area contributed by atoms with Crippen LogP contribution >= 0.6 is 34.8 Å². The van der Waals surface area contributed by atoms with Gasteiger partial charge in [-0.1, -0.05) is 34.8 Å². The van der Waals surface area contributed by atoms with E-state index in [1.807, 2.05) is 0 Å². The Kier molecular flexibility index (Phi) is 5.82. The van der Waals surface area contributed by atoms with Gasteiger partial charge in [0.15, 0.2) is 0 Å². The second-order valence-corrected chi connectivity index (χ2v) is 6.33. The third kappa shape index (κ3) is 3.51. The lowest BCUT2D eigenvalue weighted by atomic mass is 10.0. The Balaban J connectivity index is 2.77. The Bertz CT molecular complexity index is 881. The molecular weight excluding hydrogens is 423 g/mol. The number of amides is 1. The number of rotatable bonds is 3. The zero-order chi connectivity index (χ0) is 20.0. The van der Waals surface area contributed by atoms with E-state index in [4.69, 9.17) is 39.6 Å². The molecule has 0 aliphatic rings. The zero-order valence-corrected chi connectivity index (χ0v) is 15.8. The Morgan fingerprint density at radius 3 is 2.27 bits per heavy atom. The fourth-order valence-corrected chi connectivity index (χ4v) is 3.31. The first-order chi connectivity index (χ1) is 11.9. The predicted octanol–water partition coefficient (Wildman–Crippen LogP) is 5.44. The molecule has 1 aromatic heterocycles. The molecule has 1 amide bonds. The molecular formula is C15H11Cl3F4N2O2. The average Bonchev–Trinajstić information content (AvgIpc) is 2.76. The van der Waals surface area contributed by atoms with E-state index in [9.17, 15) is 22.4 Å². The summed E-state index contributed by atoms with van der Waals surface area (Å²) in [6.07, 6.45) is -4.81. The van der Waals surface area contributed by atoms with Crippen LogP contribution in [0, 0.1) is 5.82 Å². The molecule has 1 heterocycles. The van der Waals surface area contributed by atoms with Crippen molar-refractivity contribution in [3.63, 3.8) is 0 Å². The van der Waals surface area contributed by atoms with Crippen LogP contribution in [0.3, 0.4) is 0 Å². The highest BCUT2D eigenvalue weighted by Crippen LogP contribution is 2.46. The molecule has 0 spiro atoms. The van der Waals surface area contributed by atoms with Crippen molar-refractivity contribution in [2.75, 3.05) is 14.2 Å². The van der Waals surface area contributed by atoms with Gasteiger partial charge in [-0.3, -0.25) is 9.63 Å². The molecule has 0 radical (unpaired) electrons. The van der Waals surface area contributed by atoms with Crippen LogP contribution in [0.15, 0.2) is 12.1 Å². The summed E-state index contributed by atoms with van der Waals surface area (Å²) >= 11 is 17.7. The van der Waals surface area contributed by atoms with Gasteiger partial charge in [-0.2, -0.15) is 13.2 Å². The Morgan fingerprint density at radius 1 is 1.23 bits per heavy atom. The first-order valence-corrected chi connectivity index (χ1v) is 7.97. The van der Waals surface area contributed by atoms with Gasteiger partial charge in [0.1, 0.15) is 16.7 Å². The van der Waals surface area contributed by atoms with E-state index < -0.39 is 44.9 Å². The summed E-state index contributed by atoms with van der Waals surface area (Å²) in [6.45, 7) is 0. The van der Waals surface area contributed by atoms with Crippen molar-refractivity contribution >= 4 is 40.7 Å². The van der Waals surface area contributed by atoms with E-state index in [1.165, 1.54) is 14.2 Å². The molecule has 2 rings (SSSR count). The Hall–Kier alpha value is -1.48. The molecule has 0 unspecified atom stereocenters. The van der Waals surface area contributed by atoms with Gasteiger partial charge in [-0.15, -0.1) is 0 Å². The van der Waals surface area contributed by atoms with Crippen molar-refractivity contribution in [3.05, 3.63) is 44.4 Å². The summed E-state index contributed by atoms with van der Waals surface area (Å²) in [6, 6.07) is 1.77. The number of hydroxylamine groups is 2. The monoisotopic (exact) mass is 432 g/mol. The number of carbonyl (C=O) groups is 1. The van der Waals surface area contributed by atoms with Crippen LogP contribution in [0.1, 0.15) is 16.1 Å². The molecule has 0 bridgehead atoms. The molecule has 0 N–H and O–H groups in total. The van der Waals surface area contributed by atoms with Gasteiger partial charge in [-0.25, -0.2) is 9.45 Å². The van der Waals surface area contributed by atoms with Gasteiger partial charge in [0, 0.05) is 25.2 Å². The van der Waals surface area contributed by atoms with Crippen LogP contribution in [0.2, 0.25) is 15.2 Å². The number of hydrogen-bond acceptors (Lipinski definition) is 2. The molecule has 1 aromatic carbocycles. The SMILES string of the molecule is CON(C)C(=O)c1cc(-c2c(Cl)c(C(F)(F)F)n(C)c2Cl)c(F)cc1Cl. The summed E-state index contributed by atoms with van der Waals surface area (Å²) in [5.74, 6) is -1.73. The van der Waals surface area contributed by atoms with Crippen molar-refractivity contribution in [3.8, 4) is 11.1 Å². The summed E-state index contributed by atoms with van der Waals surface area (Å²) in [5.41, 5.74) is -2.23. The lowest BCUT2D eigenvalue weighted by Gasteiger charge is -2.15. The minimum absolute atomic E-state index is 0.197. The molecule has 142 valence electrons. The fourth-order valence-electron chi connectivity index (χ4n) is 2.32. The van der Waals surface area contributed by atoms with Crippen LogP contribution in [0.4, 0.5) is 17.6 Å². The Labute approximate surface area is 160 Å². The molecule has 0 atom stereocenters. The van der Waals surface area contributed by atoms with Gasteiger partial charge in [0.05, 0.1) is 22.7 Å². The van der Waals surface area contributed by atoms with Crippen LogP contribution in [-0.2, 0) is 18.1 Å². The maximum atomic E-state index is 14.4. The van der Waals surface area contributed by atoms with E-state index >= 15 is 0 Å². The van der Waals surface area contributed by atoms with Crippen LogP contribution < -0.4 is 0 Å². The first-order valence-electron chi connectivity index (χ1n) is 6.84. The minimum Gasteiger partial charge on any atom is -0.329 e. The summed E-state index contributed by atoms with van der Waals surface area (Å²) in [5, 5.41) is -0.663. The quantitative estimate of drug-likeness (QED) is 0.477. The lowest BCUT2D eigenvalue weighted by Crippen LogP contribution is -2.25.